The Morgan fingerprint density at radius 3 is 2.29 bits per heavy atom. The van der Waals surface area contributed by atoms with E-state index in [1.165, 1.54) is 0 Å². The molecule has 1 atom stereocenters. The van der Waals surface area contributed by atoms with Gasteiger partial charge in [-0.25, -0.2) is 0 Å². The fourth-order valence-corrected chi connectivity index (χ4v) is 1.52. The Hall–Kier alpha value is -0.320. The highest BCUT2D eigenvalue weighted by molar-refractivity contribution is 5.78. The number of aliphatic hydroxyl groups excluding tert-OH is 1. The minimum atomic E-state index is -0.277. The van der Waals surface area contributed by atoms with Crippen molar-refractivity contribution in [2.24, 2.45) is 5.73 Å². The SMILES string of the molecule is CCCC(C(N)=O)[N+](C)(C)CCO.[Cl-]. The molecule has 86 valence electrons. The summed E-state index contributed by atoms with van der Waals surface area (Å²) in [6.07, 6.45) is 1.71. The van der Waals surface area contributed by atoms with Gasteiger partial charge in [-0.1, -0.05) is 6.92 Å². The first-order valence-corrected chi connectivity index (χ1v) is 4.68. The van der Waals surface area contributed by atoms with Gasteiger partial charge in [0.25, 0.3) is 5.91 Å². The second-order valence-corrected chi connectivity index (χ2v) is 3.93. The first kappa shape index (κ1) is 16.1. The molecule has 0 aromatic heterocycles. The van der Waals surface area contributed by atoms with E-state index in [0.717, 1.165) is 12.8 Å². The molecule has 0 heterocycles. The van der Waals surface area contributed by atoms with Crippen LogP contribution in [-0.2, 0) is 4.79 Å². The van der Waals surface area contributed by atoms with Crippen LogP contribution in [0, 0.1) is 0 Å². The molecule has 1 unspecified atom stereocenters. The highest BCUT2D eigenvalue weighted by atomic mass is 35.5. The molecule has 0 aliphatic carbocycles. The van der Waals surface area contributed by atoms with E-state index in [-0.39, 0.29) is 31.0 Å². The van der Waals surface area contributed by atoms with Crippen molar-refractivity contribution < 1.29 is 26.8 Å². The molecule has 0 bridgehead atoms. The number of hydrogen-bond acceptors (Lipinski definition) is 2. The number of quaternary nitrogens is 1. The molecular formula is C9H21ClN2O2. The topological polar surface area (TPSA) is 63.3 Å². The first-order chi connectivity index (χ1) is 5.95. The third-order valence-electron chi connectivity index (χ3n) is 2.41. The van der Waals surface area contributed by atoms with Crippen LogP contribution in [0.4, 0.5) is 0 Å². The van der Waals surface area contributed by atoms with Crippen LogP contribution in [0.25, 0.3) is 0 Å². The fourth-order valence-electron chi connectivity index (χ4n) is 1.52. The smallest absolute Gasteiger partial charge is 0.275 e. The monoisotopic (exact) mass is 224 g/mol. The van der Waals surface area contributed by atoms with Crippen LogP contribution in [-0.4, -0.2) is 48.8 Å². The fraction of sp³-hybridized carbons (Fsp3) is 0.889. The largest absolute Gasteiger partial charge is 1.00 e. The van der Waals surface area contributed by atoms with E-state index in [9.17, 15) is 4.79 Å². The van der Waals surface area contributed by atoms with Crippen molar-refractivity contribution in [3.8, 4) is 0 Å². The van der Waals surface area contributed by atoms with Crippen LogP contribution in [0.3, 0.4) is 0 Å². The van der Waals surface area contributed by atoms with E-state index >= 15 is 0 Å². The lowest BCUT2D eigenvalue weighted by Crippen LogP contribution is -3.00. The number of likely N-dealkylation sites (N-methyl/N-ethyl adjacent to an activating group) is 1. The number of halogens is 1. The molecule has 14 heavy (non-hydrogen) atoms. The maximum Gasteiger partial charge on any atom is 0.275 e. The molecule has 1 amide bonds. The first-order valence-electron chi connectivity index (χ1n) is 4.68. The van der Waals surface area contributed by atoms with Crippen molar-refractivity contribution in [2.75, 3.05) is 27.2 Å². The average Bonchev–Trinajstić information content (AvgIpc) is 1.99. The highest BCUT2D eigenvalue weighted by Gasteiger charge is 2.31. The highest BCUT2D eigenvalue weighted by Crippen LogP contribution is 2.11. The molecule has 0 aromatic rings. The lowest BCUT2D eigenvalue weighted by molar-refractivity contribution is -0.906. The van der Waals surface area contributed by atoms with E-state index in [2.05, 4.69) is 0 Å². The molecule has 0 spiro atoms. The summed E-state index contributed by atoms with van der Waals surface area (Å²) in [4.78, 5) is 11.1. The van der Waals surface area contributed by atoms with E-state index in [1.54, 1.807) is 0 Å². The van der Waals surface area contributed by atoms with Crippen molar-refractivity contribution in [1.29, 1.82) is 0 Å². The summed E-state index contributed by atoms with van der Waals surface area (Å²) in [6, 6.07) is -0.183. The van der Waals surface area contributed by atoms with Crippen molar-refractivity contribution in [2.45, 2.75) is 25.8 Å². The Morgan fingerprint density at radius 1 is 1.50 bits per heavy atom. The maximum atomic E-state index is 11.1. The Kier molecular flexibility index (Phi) is 8.10. The van der Waals surface area contributed by atoms with Gasteiger partial charge in [-0.3, -0.25) is 4.79 Å². The second kappa shape index (κ2) is 7.04. The van der Waals surface area contributed by atoms with E-state index in [0.29, 0.717) is 11.0 Å². The van der Waals surface area contributed by atoms with Crippen LogP contribution in [0.2, 0.25) is 0 Å². The molecule has 0 aliphatic heterocycles. The predicted molar refractivity (Wildman–Crippen MR) is 52.0 cm³/mol. The zero-order valence-corrected chi connectivity index (χ0v) is 9.92. The number of primary amides is 1. The quantitative estimate of drug-likeness (QED) is 0.465. The summed E-state index contributed by atoms with van der Waals surface area (Å²) in [7, 11) is 3.84. The van der Waals surface area contributed by atoms with Gasteiger partial charge in [-0.05, 0) is 6.42 Å². The molecule has 0 radical (unpaired) electrons. The number of nitrogens with zero attached hydrogens (tertiary/aromatic N) is 1. The minimum Gasteiger partial charge on any atom is -1.00 e. The molecule has 5 heteroatoms. The summed E-state index contributed by atoms with van der Waals surface area (Å²) in [5.74, 6) is -0.277. The van der Waals surface area contributed by atoms with Gasteiger partial charge in [0.2, 0.25) is 0 Å². The summed E-state index contributed by atoms with van der Waals surface area (Å²) in [5.41, 5.74) is 5.30. The number of hydrogen-bond donors (Lipinski definition) is 2. The Morgan fingerprint density at radius 2 is 2.00 bits per heavy atom. The minimum absolute atomic E-state index is 0. The van der Waals surface area contributed by atoms with Crippen molar-refractivity contribution in [1.82, 2.24) is 0 Å². The van der Waals surface area contributed by atoms with Gasteiger partial charge in [0, 0.05) is 6.42 Å². The van der Waals surface area contributed by atoms with Gasteiger partial charge < -0.3 is 27.7 Å². The lowest BCUT2D eigenvalue weighted by atomic mass is 10.1. The van der Waals surface area contributed by atoms with Crippen molar-refractivity contribution in [3.05, 3.63) is 0 Å². The molecule has 4 nitrogen and oxygen atoms in total. The normalized spacial score (nSPS) is 13.1. The molecule has 3 N–H and O–H groups in total. The van der Waals surface area contributed by atoms with Gasteiger partial charge in [0.15, 0.2) is 6.04 Å². The van der Waals surface area contributed by atoms with Crippen LogP contribution in [0.1, 0.15) is 19.8 Å². The summed E-state index contributed by atoms with van der Waals surface area (Å²) >= 11 is 0. The van der Waals surface area contributed by atoms with Gasteiger partial charge in [-0.15, -0.1) is 0 Å². The molecule has 0 saturated carbocycles. The number of carbonyl (C=O) groups is 1. The van der Waals surface area contributed by atoms with Crippen LogP contribution >= 0.6 is 0 Å². The molecular weight excluding hydrogens is 204 g/mol. The van der Waals surface area contributed by atoms with Gasteiger partial charge in [-0.2, -0.15) is 0 Å². The standard InChI is InChI=1S/C9H20N2O2.ClH/c1-4-5-8(9(10)13)11(2,3)6-7-12;/h8,12H,4-7H2,1-3H3,(H-,10,13);1H. The predicted octanol–water partition coefficient (Wildman–Crippen LogP) is -3.29. The lowest BCUT2D eigenvalue weighted by Gasteiger charge is -2.35. The van der Waals surface area contributed by atoms with Crippen molar-refractivity contribution >= 4 is 5.91 Å². The van der Waals surface area contributed by atoms with Crippen LogP contribution in [0.5, 0.6) is 0 Å². The third kappa shape index (κ3) is 4.79. The molecule has 0 aliphatic rings. The van der Waals surface area contributed by atoms with Gasteiger partial charge in [0.1, 0.15) is 6.54 Å². The number of aliphatic hydroxyl groups is 1. The second-order valence-electron chi connectivity index (χ2n) is 3.93. The Labute approximate surface area is 92.1 Å². The number of nitrogens with two attached hydrogens (primary N) is 1. The third-order valence-corrected chi connectivity index (χ3v) is 2.41. The summed E-state index contributed by atoms with van der Waals surface area (Å²) < 4.78 is 0.472. The molecule has 0 fully saturated rings. The molecule has 0 aromatic carbocycles. The number of rotatable bonds is 6. The van der Waals surface area contributed by atoms with E-state index < -0.39 is 0 Å². The van der Waals surface area contributed by atoms with E-state index in [4.69, 9.17) is 10.8 Å². The van der Waals surface area contributed by atoms with Gasteiger partial charge in [0.05, 0.1) is 20.7 Å². The summed E-state index contributed by atoms with van der Waals surface area (Å²) in [5, 5.41) is 8.83. The Balaban J connectivity index is 0. The van der Waals surface area contributed by atoms with Crippen LogP contribution in [0.15, 0.2) is 0 Å². The number of carbonyl (C=O) groups excluding carboxylic acids is 1. The average molecular weight is 225 g/mol. The Bertz CT molecular complexity index is 174. The van der Waals surface area contributed by atoms with Crippen LogP contribution < -0.4 is 18.1 Å². The zero-order valence-electron chi connectivity index (χ0n) is 9.16. The molecule has 0 rings (SSSR count). The zero-order chi connectivity index (χ0) is 10.5. The van der Waals surface area contributed by atoms with Gasteiger partial charge >= 0.3 is 0 Å². The van der Waals surface area contributed by atoms with E-state index in [1.807, 2.05) is 21.0 Å². The van der Waals surface area contributed by atoms with Crippen molar-refractivity contribution in [3.63, 3.8) is 0 Å². The number of amides is 1. The maximum absolute atomic E-state index is 11.1. The molecule has 0 saturated heterocycles. The summed E-state index contributed by atoms with van der Waals surface area (Å²) in [6.45, 7) is 2.67.